The van der Waals surface area contributed by atoms with Crippen LogP contribution in [0, 0.1) is 6.92 Å². The minimum absolute atomic E-state index is 0.0400. The Hall–Kier alpha value is -2.29. The molecule has 0 aromatic heterocycles. The van der Waals surface area contributed by atoms with E-state index in [0.29, 0.717) is 19.6 Å². The molecule has 2 rings (SSSR count). The van der Waals surface area contributed by atoms with Crippen LogP contribution in [0.25, 0.3) is 0 Å². The van der Waals surface area contributed by atoms with E-state index in [2.05, 4.69) is 5.32 Å². The van der Waals surface area contributed by atoms with Gasteiger partial charge in [0.05, 0.1) is 13.0 Å². The summed E-state index contributed by atoms with van der Waals surface area (Å²) < 4.78 is 5.39. The van der Waals surface area contributed by atoms with Crippen LogP contribution in [0.4, 0.5) is 0 Å². The predicted octanol–water partition coefficient (Wildman–Crippen LogP) is 3.25. The predicted molar refractivity (Wildman–Crippen MR) is 84.3 cm³/mol. The van der Waals surface area contributed by atoms with Crippen molar-refractivity contribution < 1.29 is 9.53 Å². The number of nitrogens with one attached hydrogen (secondary N) is 1. The van der Waals surface area contributed by atoms with Crippen LogP contribution in [0.15, 0.2) is 48.5 Å². The number of ether oxygens (including phenoxy) is 1. The second-order valence-electron chi connectivity index (χ2n) is 4.96. The van der Waals surface area contributed by atoms with Gasteiger partial charge in [0.2, 0.25) is 5.91 Å². The molecule has 1 N–H and O–H groups in total. The Balaban J connectivity index is 1.85. The van der Waals surface area contributed by atoms with E-state index in [-0.39, 0.29) is 5.91 Å². The Kier molecular flexibility index (Phi) is 5.38. The first-order chi connectivity index (χ1) is 10.2. The highest BCUT2D eigenvalue weighted by Crippen LogP contribution is 2.12. The molecule has 0 saturated heterocycles. The number of hydrogen-bond acceptors (Lipinski definition) is 2. The van der Waals surface area contributed by atoms with Gasteiger partial charge in [-0.25, -0.2) is 0 Å². The Morgan fingerprint density at radius 1 is 1.10 bits per heavy atom. The summed E-state index contributed by atoms with van der Waals surface area (Å²) in [4.78, 5) is 12.0. The number of amides is 1. The summed E-state index contributed by atoms with van der Waals surface area (Å²) in [6, 6.07) is 15.7. The molecule has 0 fully saturated rings. The summed E-state index contributed by atoms with van der Waals surface area (Å²) in [5, 5.41) is 2.95. The van der Waals surface area contributed by atoms with Crippen molar-refractivity contribution >= 4 is 5.91 Å². The zero-order valence-electron chi connectivity index (χ0n) is 12.6. The molecule has 0 aliphatic carbocycles. The first kappa shape index (κ1) is 15.1. The molecule has 0 bridgehead atoms. The average Bonchev–Trinajstić information content (AvgIpc) is 2.49. The largest absolute Gasteiger partial charge is 0.494 e. The summed E-state index contributed by atoms with van der Waals surface area (Å²) in [6.45, 7) is 5.18. The number of rotatable bonds is 6. The third-order valence-corrected chi connectivity index (χ3v) is 3.34. The zero-order valence-corrected chi connectivity index (χ0v) is 12.6. The number of carbonyl (C=O) groups excluding carboxylic acids is 1. The van der Waals surface area contributed by atoms with Crippen LogP contribution in [0.2, 0.25) is 0 Å². The van der Waals surface area contributed by atoms with Gasteiger partial charge in [0.15, 0.2) is 0 Å². The van der Waals surface area contributed by atoms with Crippen molar-refractivity contribution in [3.05, 3.63) is 65.2 Å². The van der Waals surface area contributed by atoms with Gasteiger partial charge in [-0.3, -0.25) is 4.79 Å². The third-order valence-electron chi connectivity index (χ3n) is 3.34. The fourth-order valence-corrected chi connectivity index (χ4v) is 2.11. The van der Waals surface area contributed by atoms with Gasteiger partial charge in [0, 0.05) is 6.54 Å². The van der Waals surface area contributed by atoms with Crippen molar-refractivity contribution in [2.75, 3.05) is 6.61 Å². The van der Waals surface area contributed by atoms with Crippen LogP contribution in [-0.4, -0.2) is 12.5 Å². The Bertz CT molecular complexity index is 590. The molecule has 2 aromatic rings. The first-order valence-electron chi connectivity index (χ1n) is 7.22. The zero-order chi connectivity index (χ0) is 15.1. The van der Waals surface area contributed by atoms with Crippen LogP contribution in [0.1, 0.15) is 23.6 Å². The van der Waals surface area contributed by atoms with Crippen LogP contribution in [-0.2, 0) is 17.8 Å². The topological polar surface area (TPSA) is 38.3 Å². The number of aryl methyl sites for hydroxylation is 1. The van der Waals surface area contributed by atoms with Gasteiger partial charge >= 0.3 is 0 Å². The Labute approximate surface area is 126 Å². The first-order valence-corrected chi connectivity index (χ1v) is 7.22. The van der Waals surface area contributed by atoms with Crippen molar-refractivity contribution in [2.45, 2.75) is 26.8 Å². The minimum atomic E-state index is 0.0400. The lowest BCUT2D eigenvalue weighted by molar-refractivity contribution is -0.120. The van der Waals surface area contributed by atoms with Crippen LogP contribution >= 0.6 is 0 Å². The molecule has 0 radical (unpaired) electrons. The van der Waals surface area contributed by atoms with Crippen LogP contribution < -0.4 is 10.1 Å². The van der Waals surface area contributed by atoms with Crippen molar-refractivity contribution in [1.82, 2.24) is 5.32 Å². The molecule has 21 heavy (non-hydrogen) atoms. The molecule has 0 aliphatic rings. The maximum absolute atomic E-state index is 12.0. The molecular weight excluding hydrogens is 262 g/mol. The number of benzene rings is 2. The van der Waals surface area contributed by atoms with Gasteiger partial charge in [-0.2, -0.15) is 0 Å². The van der Waals surface area contributed by atoms with Crippen LogP contribution in [0.5, 0.6) is 5.75 Å². The van der Waals surface area contributed by atoms with Gasteiger partial charge in [-0.15, -0.1) is 0 Å². The molecule has 3 heteroatoms. The molecule has 3 nitrogen and oxygen atoms in total. The van der Waals surface area contributed by atoms with E-state index >= 15 is 0 Å². The lowest BCUT2D eigenvalue weighted by atomic mass is 10.1. The summed E-state index contributed by atoms with van der Waals surface area (Å²) in [7, 11) is 0. The van der Waals surface area contributed by atoms with E-state index in [0.717, 1.165) is 22.4 Å². The summed E-state index contributed by atoms with van der Waals surface area (Å²) in [5.74, 6) is 0.894. The van der Waals surface area contributed by atoms with E-state index in [9.17, 15) is 4.79 Å². The molecule has 110 valence electrons. The molecule has 2 aromatic carbocycles. The van der Waals surface area contributed by atoms with Gasteiger partial charge in [0.1, 0.15) is 5.75 Å². The maximum Gasteiger partial charge on any atom is 0.224 e. The molecule has 0 aliphatic heterocycles. The fourth-order valence-electron chi connectivity index (χ4n) is 2.11. The van der Waals surface area contributed by atoms with Gasteiger partial charge in [-0.1, -0.05) is 36.4 Å². The molecule has 0 saturated carbocycles. The van der Waals surface area contributed by atoms with E-state index in [1.165, 1.54) is 0 Å². The highest BCUT2D eigenvalue weighted by molar-refractivity contribution is 5.78. The SMILES string of the molecule is CCOc1ccc(CNC(=O)Cc2ccccc2C)cc1. The molecule has 0 spiro atoms. The lowest BCUT2D eigenvalue weighted by Gasteiger charge is -2.08. The number of carbonyl (C=O) groups is 1. The van der Waals surface area contributed by atoms with Crippen molar-refractivity contribution in [3.8, 4) is 5.75 Å². The van der Waals surface area contributed by atoms with E-state index in [1.54, 1.807) is 0 Å². The summed E-state index contributed by atoms with van der Waals surface area (Å²) in [5.41, 5.74) is 3.28. The summed E-state index contributed by atoms with van der Waals surface area (Å²) >= 11 is 0. The van der Waals surface area contributed by atoms with E-state index in [1.807, 2.05) is 62.4 Å². The molecule has 1 amide bonds. The average molecular weight is 283 g/mol. The molecule has 0 heterocycles. The van der Waals surface area contributed by atoms with Crippen molar-refractivity contribution in [1.29, 1.82) is 0 Å². The van der Waals surface area contributed by atoms with Crippen LogP contribution in [0.3, 0.4) is 0 Å². The lowest BCUT2D eigenvalue weighted by Crippen LogP contribution is -2.24. The Morgan fingerprint density at radius 3 is 2.48 bits per heavy atom. The van der Waals surface area contributed by atoms with Crippen molar-refractivity contribution in [2.24, 2.45) is 0 Å². The van der Waals surface area contributed by atoms with Gasteiger partial charge < -0.3 is 10.1 Å². The highest BCUT2D eigenvalue weighted by Gasteiger charge is 2.05. The second-order valence-corrected chi connectivity index (χ2v) is 4.96. The second kappa shape index (κ2) is 7.48. The fraction of sp³-hybridized carbons (Fsp3) is 0.278. The normalized spacial score (nSPS) is 10.2. The van der Waals surface area contributed by atoms with Gasteiger partial charge in [0.25, 0.3) is 0 Å². The number of hydrogen-bond donors (Lipinski definition) is 1. The highest BCUT2D eigenvalue weighted by atomic mass is 16.5. The van der Waals surface area contributed by atoms with Crippen molar-refractivity contribution in [3.63, 3.8) is 0 Å². The van der Waals surface area contributed by atoms with Gasteiger partial charge in [-0.05, 0) is 42.7 Å². The van der Waals surface area contributed by atoms with E-state index < -0.39 is 0 Å². The summed E-state index contributed by atoms with van der Waals surface area (Å²) in [6.07, 6.45) is 0.420. The molecular formula is C18H21NO2. The smallest absolute Gasteiger partial charge is 0.224 e. The van der Waals surface area contributed by atoms with E-state index in [4.69, 9.17) is 4.74 Å². The minimum Gasteiger partial charge on any atom is -0.494 e. The quantitative estimate of drug-likeness (QED) is 0.883. The molecule has 0 atom stereocenters. The standard InChI is InChI=1S/C18H21NO2/c1-3-21-17-10-8-15(9-11-17)13-19-18(20)12-16-7-5-4-6-14(16)2/h4-11H,3,12-13H2,1-2H3,(H,19,20). The maximum atomic E-state index is 12.0. The Morgan fingerprint density at radius 2 is 1.81 bits per heavy atom. The molecule has 0 unspecified atom stereocenters. The monoisotopic (exact) mass is 283 g/mol. The third kappa shape index (κ3) is 4.63.